The molecular weight excluding hydrogens is 246 g/mol. The number of fused-ring (bicyclic) bond motifs is 1. The first-order valence-corrected chi connectivity index (χ1v) is 7.65. The van der Waals surface area contributed by atoms with Crippen molar-refractivity contribution in [3.05, 3.63) is 23.0 Å². The van der Waals surface area contributed by atoms with Crippen LogP contribution in [0.25, 0.3) is 0 Å². The molecule has 114 valence electrons. The molecule has 0 aliphatic heterocycles. The van der Waals surface area contributed by atoms with Crippen LogP contribution in [0.3, 0.4) is 0 Å². The molecule has 20 heavy (non-hydrogen) atoms. The van der Waals surface area contributed by atoms with Gasteiger partial charge in [0.2, 0.25) is 0 Å². The van der Waals surface area contributed by atoms with Crippen molar-refractivity contribution in [1.82, 2.24) is 9.47 Å². The fourth-order valence-electron chi connectivity index (χ4n) is 3.25. The van der Waals surface area contributed by atoms with E-state index in [4.69, 9.17) is 5.73 Å². The number of nitrogens with two attached hydrogens (primary N) is 1. The van der Waals surface area contributed by atoms with Gasteiger partial charge < -0.3 is 15.2 Å². The van der Waals surface area contributed by atoms with Crippen LogP contribution in [-0.4, -0.2) is 29.1 Å². The van der Waals surface area contributed by atoms with Crippen molar-refractivity contribution in [1.29, 1.82) is 0 Å². The van der Waals surface area contributed by atoms with E-state index < -0.39 is 0 Å². The molecule has 1 heterocycles. The summed E-state index contributed by atoms with van der Waals surface area (Å²) in [5.41, 5.74) is 11.0. The zero-order valence-corrected chi connectivity index (χ0v) is 14.2. The van der Waals surface area contributed by atoms with E-state index in [1.165, 1.54) is 17.0 Å². The van der Waals surface area contributed by atoms with Crippen molar-refractivity contribution < 1.29 is 0 Å². The largest absolute Gasteiger partial charge is 0.347 e. The zero-order valence-electron chi connectivity index (χ0n) is 14.2. The summed E-state index contributed by atoms with van der Waals surface area (Å²) < 4.78 is 2.50. The van der Waals surface area contributed by atoms with Crippen LogP contribution in [0.4, 0.5) is 0 Å². The number of hydrogen-bond donors (Lipinski definition) is 1. The van der Waals surface area contributed by atoms with Crippen LogP contribution in [0.5, 0.6) is 0 Å². The van der Waals surface area contributed by atoms with Crippen molar-refractivity contribution >= 4 is 0 Å². The molecule has 2 rings (SSSR count). The number of likely N-dealkylation sites (N-methyl/N-ethyl adjacent to an activating group) is 1. The van der Waals surface area contributed by atoms with Gasteiger partial charge >= 0.3 is 0 Å². The number of rotatable bonds is 3. The molecule has 3 heteroatoms. The standard InChI is InChI=1S/C17H31N3/c1-12-8-13-14(18)9-16(2,3)10-15(13)20(12)11-17(4,5)19(6)7/h8,14H,9-11,18H2,1-7H3. The van der Waals surface area contributed by atoms with Crippen LogP contribution in [0.2, 0.25) is 0 Å². The Kier molecular flexibility index (Phi) is 3.81. The van der Waals surface area contributed by atoms with Gasteiger partial charge in [-0.25, -0.2) is 0 Å². The summed E-state index contributed by atoms with van der Waals surface area (Å²) in [6, 6.07) is 2.50. The molecule has 0 saturated carbocycles. The monoisotopic (exact) mass is 277 g/mol. The zero-order chi connectivity index (χ0) is 15.3. The number of aromatic nitrogens is 1. The number of nitrogens with zero attached hydrogens (tertiary/aromatic N) is 2. The Morgan fingerprint density at radius 1 is 1.40 bits per heavy atom. The van der Waals surface area contributed by atoms with E-state index in [1.54, 1.807) is 0 Å². The van der Waals surface area contributed by atoms with Crippen LogP contribution in [0.15, 0.2) is 6.07 Å². The van der Waals surface area contributed by atoms with Gasteiger partial charge in [0.1, 0.15) is 0 Å². The molecule has 0 aromatic carbocycles. The van der Waals surface area contributed by atoms with E-state index in [-0.39, 0.29) is 11.6 Å². The first kappa shape index (κ1) is 15.6. The summed E-state index contributed by atoms with van der Waals surface area (Å²) in [5, 5.41) is 0. The highest BCUT2D eigenvalue weighted by Crippen LogP contribution is 2.41. The van der Waals surface area contributed by atoms with Crippen LogP contribution < -0.4 is 5.73 Å². The molecule has 1 unspecified atom stereocenters. The topological polar surface area (TPSA) is 34.2 Å². The maximum absolute atomic E-state index is 6.40. The van der Waals surface area contributed by atoms with Gasteiger partial charge in [-0.3, -0.25) is 0 Å². The SMILES string of the molecule is Cc1cc2c(n1CC(C)(C)N(C)C)CC(C)(C)CC2N. The summed E-state index contributed by atoms with van der Waals surface area (Å²) >= 11 is 0. The summed E-state index contributed by atoms with van der Waals surface area (Å²) in [6.45, 7) is 12.5. The van der Waals surface area contributed by atoms with Gasteiger partial charge in [-0.15, -0.1) is 0 Å². The third-order valence-electron chi connectivity index (χ3n) is 5.02. The lowest BCUT2D eigenvalue weighted by atomic mass is 9.74. The van der Waals surface area contributed by atoms with Gasteiger partial charge in [-0.05, 0) is 64.8 Å². The Labute approximate surface area is 124 Å². The van der Waals surface area contributed by atoms with Crippen LogP contribution >= 0.6 is 0 Å². The van der Waals surface area contributed by atoms with Gasteiger partial charge in [-0.1, -0.05) is 13.8 Å². The molecule has 1 aliphatic carbocycles. The quantitative estimate of drug-likeness (QED) is 0.921. The minimum atomic E-state index is 0.142. The Morgan fingerprint density at radius 3 is 2.55 bits per heavy atom. The second kappa shape index (κ2) is 4.88. The van der Waals surface area contributed by atoms with Crippen molar-refractivity contribution in [2.75, 3.05) is 14.1 Å². The van der Waals surface area contributed by atoms with Crippen LogP contribution in [0.1, 0.15) is 57.1 Å². The molecular formula is C17H31N3. The molecule has 0 spiro atoms. The summed E-state index contributed by atoms with van der Waals surface area (Å²) in [6.07, 6.45) is 2.22. The molecule has 1 aliphatic rings. The average molecular weight is 277 g/mol. The fourth-order valence-corrected chi connectivity index (χ4v) is 3.25. The summed E-state index contributed by atoms with van der Waals surface area (Å²) in [7, 11) is 4.31. The van der Waals surface area contributed by atoms with E-state index in [1.807, 2.05) is 0 Å². The first-order valence-electron chi connectivity index (χ1n) is 7.65. The van der Waals surface area contributed by atoms with E-state index in [2.05, 4.69) is 64.2 Å². The van der Waals surface area contributed by atoms with E-state index in [9.17, 15) is 0 Å². The highest BCUT2D eigenvalue weighted by atomic mass is 15.2. The van der Waals surface area contributed by atoms with Crippen molar-refractivity contribution in [2.24, 2.45) is 11.1 Å². The Morgan fingerprint density at radius 2 is 2.00 bits per heavy atom. The third-order valence-corrected chi connectivity index (χ3v) is 5.02. The maximum atomic E-state index is 6.40. The first-order chi connectivity index (χ1) is 9.03. The number of aryl methyl sites for hydroxylation is 1. The van der Waals surface area contributed by atoms with Gasteiger partial charge in [0.15, 0.2) is 0 Å². The van der Waals surface area contributed by atoms with Crippen molar-refractivity contribution in [3.8, 4) is 0 Å². The molecule has 0 fully saturated rings. The van der Waals surface area contributed by atoms with Gasteiger partial charge in [0, 0.05) is 29.5 Å². The minimum absolute atomic E-state index is 0.142. The minimum Gasteiger partial charge on any atom is -0.347 e. The van der Waals surface area contributed by atoms with Gasteiger partial charge in [0.25, 0.3) is 0 Å². The van der Waals surface area contributed by atoms with Gasteiger partial charge in [0.05, 0.1) is 0 Å². The molecule has 0 radical (unpaired) electrons. The van der Waals surface area contributed by atoms with Crippen LogP contribution in [-0.2, 0) is 13.0 Å². The summed E-state index contributed by atoms with van der Waals surface area (Å²) in [5.74, 6) is 0. The second-order valence-electron chi connectivity index (χ2n) is 8.13. The molecule has 3 nitrogen and oxygen atoms in total. The van der Waals surface area contributed by atoms with Crippen molar-refractivity contribution in [2.45, 2.75) is 65.6 Å². The Hall–Kier alpha value is -0.800. The molecule has 0 amide bonds. The molecule has 0 saturated heterocycles. The molecule has 1 atom stereocenters. The van der Waals surface area contributed by atoms with Gasteiger partial charge in [-0.2, -0.15) is 0 Å². The molecule has 2 N–H and O–H groups in total. The number of hydrogen-bond acceptors (Lipinski definition) is 2. The Balaban J connectivity index is 2.42. The van der Waals surface area contributed by atoms with E-state index in [0.717, 1.165) is 19.4 Å². The molecule has 1 aromatic rings. The maximum Gasteiger partial charge on any atom is 0.0404 e. The lowest BCUT2D eigenvalue weighted by Gasteiger charge is -2.38. The average Bonchev–Trinajstić information content (AvgIpc) is 2.55. The second-order valence-corrected chi connectivity index (χ2v) is 8.13. The van der Waals surface area contributed by atoms with E-state index in [0.29, 0.717) is 5.41 Å². The normalized spacial score (nSPS) is 22.1. The highest BCUT2D eigenvalue weighted by Gasteiger charge is 2.34. The van der Waals surface area contributed by atoms with E-state index >= 15 is 0 Å². The fraction of sp³-hybridized carbons (Fsp3) is 0.765. The molecule has 1 aromatic heterocycles. The third kappa shape index (κ3) is 2.79. The lowest BCUT2D eigenvalue weighted by Crippen LogP contribution is -2.43. The highest BCUT2D eigenvalue weighted by molar-refractivity contribution is 5.34. The molecule has 0 bridgehead atoms. The summed E-state index contributed by atoms with van der Waals surface area (Å²) in [4.78, 5) is 2.30. The predicted octanol–water partition coefficient (Wildman–Crippen LogP) is 3.11. The van der Waals surface area contributed by atoms with Crippen LogP contribution in [0, 0.1) is 12.3 Å². The smallest absolute Gasteiger partial charge is 0.0404 e. The van der Waals surface area contributed by atoms with Crippen molar-refractivity contribution in [3.63, 3.8) is 0 Å². The lowest BCUT2D eigenvalue weighted by molar-refractivity contribution is 0.164. The Bertz CT molecular complexity index is 495. The predicted molar refractivity (Wildman–Crippen MR) is 86.0 cm³/mol.